The highest BCUT2D eigenvalue weighted by Crippen LogP contribution is 2.58. The molecule has 11 aromatic rings. The third-order valence-electron chi connectivity index (χ3n) is 14.5. The van der Waals surface area contributed by atoms with Crippen molar-refractivity contribution in [2.75, 3.05) is 9.80 Å². The van der Waals surface area contributed by atoms with Crippen LogP contribution in [0.1, 0.15) is 47.2 Å². The maximum absolute atomic E-state index is 6.38. The van der Waals surface area contributed by atoms with E-state index in [0.29, 0.717) is 0 Å². The highest BCUT2D eigenvalue weighted by molar-refractivity contribution is 6.05. The number of para-hydroxylation sites is 3. The van der Waals surface area contributed by atoms with Crippen molar-refractivity contribution in [3.05, 3.63) is 276 Å². The molecule has 0 radical (unpaired) electrons. The van der Waals surface area contributed by atoms with E-state index in [-0.39, 0.29) is 5.41 Å². The molecule has 10 aromatic carbocycles. The van der Waals surface area contributed by atoms with Crippen molar-refractivity contribution in [2.45, 2.75) is 24.7 Å². The monoisotopic (exact) mass is 858 g/mol. The van der Waals surface area contributed by atoms with Crippen LogP contribution in [0.3, 0.4) is 0 Å². The molecular formula is C64H46N2O. The minimum Gasteiger partial charge on any atom is -0.456 e. The normalized spacial score (nSPS) is 14.0. The molecule has 0 N–H and O–H groups in total. The second-order valence-corrected chi connectivity index (χ2v) is 18.5. The Hall–Kier alpha value is -8.40. The Kier molecular flexibility index (Phi) is 8.78. The van der Waals surface area contributed by atoms with Crippen LogP contribution in [0.5, 0.6) is 0 Å². The molecule has 0 unspecified atom stereocenters. The van der Waals surface area contributed by atoms with Gasteiger partial charge in [-0.3, -0.25) is 0 Å². The molecular weight excluding hydrogens is 813 g/mol. The highest BCUT2D eigenvalue weighted by Gasteiger charge is 2.46. The van der Waals surface area contributed by atoms with Crippen LogP contribution in [0, 0.1) is 0 Å². The van der Waals surface area contributed by atoms with Crippen LogP contribution in [0.15, 0.2) is 247 Å². The summed E-state index contributed by atoms with van der Waals surface area (Å²) in [5, 5.41) is 2.24. The Bertz CT molecular complexity index is 3610. The van der Waals surface area contributed by atoms with Crippen LogP contribution in [0.25, 0.3) is 44.2 Å². The number of hydrogen-bond acceptors (Lipinski definition) is 3. The third-order valence-corrected chi connectivity index (χ3v) is 14.5. The first-order valence-corrected chi connectivity index (χ1v) is 23.2. The Morgan fingerprint density at radius 1 is 0.373 bits per heavy atom. The van der Waals surface area contributed by atoms with Gasteiger partial charge in [-0.05, 0) is 134 Å². The van der Waals surface area contributed by atoms with E-state index >= 15 is 0 Å². The summed E-state index contributed by atoms with van der Waals surface area (Å²) in [5.41, 5.74) is 20.3. The Morgan fingerprint density at radius 3 is 1.63 bits per heavy atom. The van der Waals surface area contributed by atoms with Gasteiger partial charge in [0.05, 0.1) is 16.8 Å². The predicted octanol–water partition coefficient (Wildman–Crippen LogP) is 17.2. The SMILES string of the molecule is CC1(C)c2ccccc2-c2ccc(N(c3ccc(-c4ccccc4)cc3)c3ccc(N4c5ccccc5C(c5ccccc5)(c5ccc6oc7ccccc7c6c5)c5ccccc54)cc3)cc21. The van der Waals surface area contributed by atoms with Gasteiger partial charge >= 0.3 is 0 Å². The summed E-state index contributed by atoms with van der Waals surface area (Å²) < 4.78 is 6.38. The molecule has 318 valence electrons. The van der Waals surface area contributed by atoms with Gasteiger partial charge in [0.25, 0.3) is 0 Å². The first kappa shape index (κ1) is 39.0. The summed E-state index contributed by atoms with van der Waals surface area (Å²) in [6, 6.07) is 88.8. The van der Waals surface area contributed by atoms with E-state index in [1.165, 1.54) is 55.6 Å². The van der Waals surface area contributed by atoms with Crippen molar-refractivity contribution >= 4 is 56.1 Å². The molecule has 0 spiro atoms. The van der Waals surface area contributed by atoms with Gasteiger partial charge in [0.2, 0.25) is 0 Å². The lowest BCUT2D eigenvalue weighted by Gasteiger charge is -2.46. The molecule has 0 fully saturated rings. The average Bonchev–Trinajstić information content (AvgIpc) is 3.87. The number of anilines is 6. The first-order chi connectivity index (χ1) is 33.0. The summed E-state index contributed by atoms with van der Waals surface area (Å²) in [4.78, 5) is 4.86. The van der Waals surface area contributed by atoms with E-state index in [4.69, 9.17) is 4.42 Å². The van der Waals surface area contributed by atoms with E-state index in [9.17, 15) is 0 Å². The largest absolute Gasteiger partial charge is 0.456 e. The summed E-state index contributed by atoms with van der Waals surface area (Å²) in [7, 11) is 0. The van der Waals surface area contributed by atoms with Gasteiger partial charge in [-0.25, -0.2) is 0 Å². The van der Waals surface area contributed by atoms with Crippen molar-refractivity contribution in [2.24, 2.45) is 0 Å². The Balaban J connectivity index is 0.965. The van der Waals surface area contributed by atoms with E-state index in [1.54, 1.807) is 0 Å². The number of benzene rings is 10. The van der Waals surface area contributed by atoms with E-state index in [2.05, 4.69) is 260 Å². The summed E-state index contributed by atoms with van der Waals surface area (Å²) >= 11 is 0. The molecule has 1 aliphatic carbocycles. The first-order valence-electron chi connectivity index (χ1n) is 23.2. The van der Waals surface area contributed by atoms with Crippen molar-refractivity contribution in [1.82, 2.24) is 0 Å². The zero-order valence-corrected chi connectivity index (χ0v) is 37.4. The van der Waals surface area contributed by atoms with Crippen LogP contribution < -0.4 is 9.80 Å². The average molecular weight is 859 g/mol. The van der Waals surface area contributed by atoms with Crippen molar-refractivity contribution in [3.8, 4) is 22.3 Å². The minimum absolute atomic E-state index is 0.128. The predicted molar refractivity (Wildman–Crippen MR) is 278 cm³/mol. The highest BCUT2D eigenvalue weighted by atomic mass is 16.3. The van der Waals surface area contributed by atoms with Crippen LogP contribution in [-0.2, 0) is 10.8 Å². The van der Waals surface area contributed by atoms with Gasteiger partial charge in [0.1, 0.15) is 11.2 Å². The third kappa shape index (κ3) is 5.91. The lowest BCUT2D eigenvalue weighted by atomic mass is 9.62. The lowest BCUT2D eigenvalue weighted by Crippen LogP contribution is -2.37. The second kappa shape index (κ2) is 15.1. The molecule has 0 bridgehead atoms. The number of rotatable bonds is 7. The molecule has 3 nitrogen and oxygen atoms in total. The summed E-state index contributed by atoms with van der Waals surface area (Å²) in [6.45, 7) is 4.71. The molecule has 0 saturated heterocycles. The van der Waals surface area contributed by atoms with Crippen molar-refractivity contribution < 1.29 is 4.42 Å². The maximum Gasteiger partial charge on any atom is 0.135 e. The van der Waals surface area contributed by atoms with Crippen LogP contribution in [-0.4, -0.2) is 0 Å². The molecule has 0 atom stereocenters. The van der Waals surface area contributed by atoms with Gasteiger partial charge in [0.15, 0.2) is 0 Å². The molecule has 2 aliphatic rings. The van der Waals surface area contributed by atoms with E-state index in [0.717, 1.165) is 56.1 Å². The smallest absolute Gasteiger partial charge is 0.135 e. The van der Waals surface area contributed by atoms with Crippen molar-refractivity contribution in [1.29, 1.82) is 0 Å². The van der Waals surface area contributed by atoms with Gasteiger partial charge in [-0.1, -0.05) is 178 Å². The standard InChI is InChI=1S/C64H46N2O/c1-63(2)55-23-11-9-21-51(55)52-39-38-50(42-58(52)63)65(47-32-29-44(30-33-47)43-17-5-3-6-18-43)48-34-36-49(37-35-48)66-59-26-14-12-24-56(59)64(45-19-7-4-8-20-45,57-25-13-15-27-60(57)66)46-31-40-62-54(41-46)53-22-10-16-28-61(53)67-62/h3-42H,1-2H3. The minimum atomic E-state index is -0.624. The maximum atomic E-state index is 6.38. The molecule has 3 heteroatoms. The quantitative estimate of drug-likeness (QED) is 0.159. The molecule has 0 saturated carbocycles. The Labute approximate surface area is 391 Å². The summed E-state index contributed by atoms with van der Waals surface area (Å²) in [6.07, 6.45) is 0. The van der Waals surface area contributed by atoms with Crippen molar-refractivity contribution in [3.63, 3.8) is 0 Å². The summed E-state index contributed by atoms with van der Waals surface area (Å²) in [5.74, 6) is 0. The second-order valence-electron chi connectivity index (χ2n) is 18.5. The number of furan rings is 1. The number of fused-ring (bicyclic) bond motifs is 8. The molecule has 2 heterocycles. The molecule has 67 heavy (non-hydrogen) atoms. The zero-order valence-electron chi connectivity index (χ0n) is 37.4. The molecule has 1 aliphatic heterocycles. The van der Waals surface area contributed by atoms with Gasteiger partial charge in [-0.15, -0.1) is 0 Å². The van der Waals surface area contributed by atoms with Crippen LogP contribution in [0.4, 0.5) is 34.1 Å². The topological polar surface area (TPSA) is 19.6 Å². The fourth-order valence-corrected chi connectivity index (χ4v) is 11.4. The zero-order chi connectivity index (χ0) is 44.7. The van der Waals surface area contributed by atoms with Gasteiger partial charge in [-0.2, -0.15) is 0 Å². The number of nitrogens with zero attached hydrogens (tertiary/aromatic N) is 2. The molecule has 1 aromatic heterocycles. The van der Waals surface area contributed by atoms with Gasteiger partial charge < -0.3 is 14.2 Å². The molecule has 0 amide bonds. The van der Waals surface area contributed by atoms with E-state index < -0.39 is 5.41 Å². The lowest BCUT2D eigenvalue weighted by molar-refractivity contribution is 0.660. The van der Waals surface area contributed by atoms with Crippen LogP contribution >= 0.6 is 0 Å². The fraction of sp³-hybridized carbons (Fsp3) is 0.0625. The van der Waals surface area contributed by atoms with Crippen LogP contribution in [0.2, 0.25) is 0 Å². The van der Waals surface area contributed by atoms with Gasteiger partial charge in [0, 0.05) is 38.9 Å². The number of hydrogen-bond donors (Lipinski definition) is 0. The molecule has 13 rings (SSSR count). The fourth-order valence-electron chi connectivity index (χ4n) is 11.4. The van der Waals surface area contributed by atoms with E-state index in [1.807, 2.05) is 6.07 Å². The Morgan fingerprint density at radius 2 is 0.910 bits per heavy atom.